The lowest BCUT2D eigenvalue weighted by Crippen LogP contribution is -2.27. The van der Waals surface area contributed by atoms with Crippen molar-refractivity contribution in [2.24, 2.45) is 5.92 Å². The van der Waals surface area contributed by atoms with E-state index in [1.807, 2.05) is 0 Å². The van der Waals surface area contributed by atoms with E-state index in [0.29, 0.717) is 12.5 Å². The minimum absolute atomic E-state index is 0.0185. The van der Waals surface area contributed by atoms with Gasteiger partial charge in [-0.2, -0.15) is 0 Å². The molecule has 0 saturated heterocycles. The molecule has 0 atom stereocenters. The maximum absolute atomic E-state index is 11.4. The summed E-state index contributed by atoms with van der Waals surface area (Å²) < 4.78 is 0. The highest BCUT2D eigenvalue weighted by atomic mass is 16.2. The molecule has 3 nitrogen and oxygen atoms in total. The van der Waals surface area contributed by atoms with Gasteiger partial charge in [-0.3, -0.25) is 4.79 Å². The van der Waals surface area contributed by atoms with Crippen molar-refractivity contribution in [2.45, 2.75) is 26.7 Å². The second-order valence-corrected chi connectivity index (χ2v) is 4.78. The molecule has 0 aromatic heterocycles. The summed E-state index contributed by atoms with van der Waals surface area (Å²) in [6.45, 7) is 13.8. The minimum Gasteiger partial charge on any atom is -0.389 e. The summed E-state index contributed by atoms with van der Waals surface area (Å²) in [5, 5.41) is 3.29. The molecule has 0 bridgehead atoms. The Balaban J connectivity index is 2.20. The highest BCUT2D eigenvalue weighted by Crippen LogP contribution is 2.14. The lowest BCUT2D eigenvalue weighted by atomic mass is 10.1. The van der Waals surface area contributed by atoms with E-state index >= 15 is 0 Å². The van der Waals surface area contributed by atoms with Crippen molar-refractivity contribution in [3.05, 3.63) is 36.7 Å². The van der Waals surface area contributed by atoms with Crippen LogP contribution in [0.4, 0.5) is 0 Å². The fourth-order valence-electron chi connectivity index (χ4n) is 1.62. The molecule has 0 fully saturated rings. The number of rotatable bonds is 7. The van der Waals surface area contributed by atoms with Gasteiger partial charge in [-0.15, -0.1) is 0 Å². The average molecular weight is 234 g/mol. The Bertz CT molecular complexity index is 324. The van der Waals surface area contributed by atoms with Crippen LogP contribution in [0.1, 0.15) is 26.7 Å². The first-order valence-corrected chi connectivity index (χ1v) is 6.11. The van der Waals surface area contributed by atoms with Crippen LogP contribution in [0.2, 0.25) is 0 Å². The molecule has 1 aliphatic heterocycles. The Morgan fingerprint density at radius 2 is 2.18 bits per heavy atom. The second kappa shape index (κ2) is 6.28. The second-order valence-electron chi connectivity index (χ2n) is 4.78. The summed E-state index contributed by atoms with van der Waals surface area (Å²) in [7, 11) is 0. The summed E-state index contributed by atoms with van der Waals surface area (Å²) in [5.41, 5.74) is 1.75. The summed E-state index contributed by atoms with van der Waals surface area (Å²) in [4.78, 5) is 13.1. The standard InChI is InChI=1S/C14H22N2O/c1-11(2)7-9-15-12(3)8-10-16-13(4)5-6-14(16)17/h5-6,11,15H,3-4,7-10H2,1-2H3. The molecular formula is C14H22N2O. The van der Waals surface area contributed by atoms with Gasteiger partial charge in [0.05, 0.1) is 0 Å². The Hall–Kier alpha value is -1.51. The van der Waals surface area contributed by atoms with Gasteiger partial charge in [-0.25, -0.2) is 0 Å². The molecule has 3 heteroatoms. The number of nitrogens with one attached hydrogen (secondary N) is 1. The molecule has 1 N–H and O–H groups in total. The van der Waals surface area contributed by atoms with Crippen LogP contribution in [0.3, 0.4) is 0 Å². The smallest absolute Gasteiger partial charge is 0.251 e. The lowest BCUT2D eigenvalue weighted by molar-refractivity contribution is -0.123. The Kier molecular flexibility index (Phi) is 5.01. The van der Waals surface area contributed by atoms with Gasteiger partial charge in [0.1, 0.15) is 0 Å². The Labute approximate surface area is 104 Å². The molecule has 1 aliphatic rings. The van der Waals surface area contributed by atoms with Gasteiger partial charge < -0.3 is 10.2 Å². The Morgan fingerprint density at radius 1 is 1.47 bits per heavy atom. The molecule has 0 saturated carbocycles. The van der Waals surface area contributed by atoms with E-state index in [-0.39, 0.29) is 5.91 Å². The van der Waals surface area contributed by atoms with Crippen LogP contribution in [0.25, 0.3) is 0 Å². The zero-order chi connectivity index (χ0) is 12.8. The van der Waals surface area contributed by atoms with Crippen molar-refractivity contribution in [1.82, 2.24) is 10.2 Å². The maximum atomic E-state index is 11.4. The van der Waals surface area contributed by atoms with Crippen molar-refractivity contribution >= 4 is 5.91 Å². The third kappa shape index (κ3) is 4.47. The van der Waals surface area contributed by atoms with E-state index in [4.69, 9.17) is 0 Å². The van der Waals surface area contributed by atoms with Crippen LogP contribution in [-0.2, 0) is 4.79 Å². The molecule has 1 rings (SSSR count). The van der Waals surface area contributed by atoms with E-state index in [1.54, 1.807) is 17.1 Å². The monoisotopic (exact) mass is 234 g/mol. The fourth-order valence-corrected chi connectivity index (χ4v) is 1.62. The fraction of sp³-hybridized carbons (Fsp3) is 0.500. The van der Waals surface area contributed by atoms with E-state index < -0.39 is 0 Å². The van der Waals surface area contributed by atoms with Gasteiger partial charge >= 0.3 is 0 Å². The lowest BCUT2D eigenvalue weighted by Gasteiger charge is -2.18. The minimum atomic E-state index is 0.0185. The first-order valence-electron chi connectivity index (χ1n) is 6.11. The molecule has 0 aromatic rings. The number of amides is 1. The number of allylic oxidation sites excluding steroid dienone is 1. The predicted octanol–water partition coefficient (Wildman–Crippen LogP) is 2.44. The van der Waals surface area contributed by atoms with Crippen molar-refractivity contribution in [3.63, 3.8) is 0 Å². The third-order valence-corrected chi connectivity index (χ3v) is 2.76. The van der Waals surface area contributed by atoms with Crippen molar-refractivity contribution in [1.29, 1.82) is 0 Å². The van der Waals surface area contributed by atoms with Crippen LogP contribution in [0.5, 0.6) is 0 Å². The third-order valence-electron chi connectivity index (χ3n) is 2.76. The molecule has 0 aromatic carbocycles. The number of hydrogen-bond acceptors (Lipinski definition) is 2. The zero-order valence-corrected chi connectivity index (χ0v) is 10.8. The van der Waals surface area contributed by atoms with Gasteiger partial charge in [0.2, 0.25) is 0 Å². The maximum Gasteiger partial charge on any atom is 0.251 e. The first kappa shape index (κ1) is 13.6. The largest absolute Gasteiger partial charge is 0.389 e. The van der Waals surface area contributed by atoms with Gasteiger partial charge in [-0.05, 0) is 18.4 Å². The number of nitrogens with zero attached hydrogens (tertiary/aromatic N) is 1. The van der Waals surface area contributed by atoms with E-state index in [1.165, 1.54) is 0 Å². The van der Waals surface area contributed by atoms with Gasteiger partial charge in [-0.1, -0.05) is 27.0 Å². The van der Waals surface area contributed by atoms with E-state index in [2.05, 4.69) is 32.3 Å². The van der Waals surface area contributed by atoms with Gasteiger partial charge in [0.25, 0.3) is 5.91 Å². The Morgan fingerprint density at radius 3 is 2.71 bits per heavy atom. The summed E-state index contributed by atoms with van der Waals surface area (Å²) in [5.74, 6) is 0.712. The van der Waals surface area contributed by atoms with Crippen LogP contribution < -0.4 is 5.32 Å². The number of carbonyl (C=O) groups is 1. The molecular weight excluding hydrogens is 212 g/mol. The highest BCUT2D eigenvalue weighted by molar-refractivity contribution is 5.92. The molecule has 0 spiro atoms. The number of carbonyl (C=O) groups excluding carboxylic acids is 1. The van der Waals surface area contributed by atoms with Crippen molar-refractivity contribution in [3.8, 4) is 0 Å². The SMILES string of the molecule is C=C(CCN1C(=C)C=CC1=O)NCCC(C)C. The average Bonchev–Trinajstić information content (AvgIpc) is 2.55. The van der Waals surface area contributed by atoms with Crippen LogP contribution in [-0.4, -0.2) is 23.9 Å². The highest BCUT2D eigenvalue weighted by Gasteiger charge is 2.17. The molecule has 1 heterocycles. The molecule has 0 unspecified atom stereocenters. The predicted molar refractivity (Wildman–Crippen MR) is 71.2 cm³/mol. The molecule has 0 aliphatic carbocycles. The van der Waals surface area contributed by atoms with Crippen LogP contribution >= 0.6 is 0 Å². The van der Waals surface area contributed by atoms with Crippen LogP contribution in [0.15, 0.2) is 36.7 Å². The zero-order valence-electron chi connectivity index (χ0n) is 10.8. The summed E-state index contributed by atoms with van der Waals surface area (Å²) in [6.07, 6.45) is 5.20. The summed E-state index contributed by atoms with van der Waals surface area (Å²) in [6, 6.07) is 0. The molecule has 1 amide bonds. The van der Waals surface area contributed by atoms with Crippen molar-refractivity contribution in [2.75, 3.05) is 13.1 Å². The topological polar surface area (TPSA) is 32.3 Å². The quantitative estimate of drug-likeness (QED) is 0.734. The van der Waals surface area contributed by atoms with E-state index in [0.717, 1.165) is 30.8 Å². The van der Waals surface area contributed by atoms with E-state index in [9.17, 15) is 4.79 Å². The molecule has 0 radical (unpaired) electrons. The first-order chi connectivity index (χ1) is 8.00. The molecule has 17 heavy (non-hydrogen) atoms. The summed E-state index contributed by atoms with van der Waals surface area (Å²) >= 11 is 0. The number of hydrogen-bond donors (Lipinski definition) is 1. The molecule has 94 valence electrons. The van der Waals surface area contributed by atoms with Crippen LogP contribution in [0, 0.1) is 5.92 Å². The normalized spacial score (nSPS) is 14.9. The van der Waals surface area contributed by atoms with Crippen molar-refractivity contribution < 1.29 is 4.79 Å². The van der Waals surface area contributed by atoms with Gasteiger partial charge in [0.15, 0.2) is 0 Å². The van der Waals surface area contributed by atoms with Gasteiger partial charge in [0, 0.05) is 37.0 Å².